The fourth-order valence-electron chi connectivity index (χ4n) is 2.89. The molecule has 3 rings (SSSR count). The van der Waals surface area contributed by atoms with Crippen molar-refractivity contribution in [2.45, 2.75) is 13.3 Å². The zero-order valence-corrected chi connectivity index (χ0v) is 9.56. The van der Waals surface area contributed by atoms with Gasteiger partial charge in [0, 0.05) is 0 Å². The fraction of sp³-hybridized carbons (Fsp3) is 0.312. The van der Waals surface area contributed by atoms with Gasteiger partial charge in [0.05, 0.1) is 0 Å². The van der Waals surface area contributed by atoms with Crippen LogP contribution in [0, 0.1) is 24.2 Å². The summed E-state index contributed by atoms with van der Waals surface area (Å²) in [5.74, 6) is 1.82. The maximum Gasteiger partial charge on any atom is -0.00614 e. The van der Waals surface area contributed by atoms with Crippen LogP contribution in [0.4, 0.5) is 0 Å². The molecule has 0 heteroatoms. The van der Waals surface area contributed by atoms with E-state index >= 15 is 0 Å². The summed E-state index contributed by atoms with van der Waals surface area (Å²) >= 11 is 0. The van der Waals surface area contributed by atoms with Gasteiger partial charge in [-0.3, -0.25) is 0 Å². The Morgan fingerprint density at radius 2 is 2.00 bits per heavy atom. The molecule has 3 atom stereocenters. The number of hydrogen-bond acceptors (Lipinski definition) is 0. The maximum absolute atomic E-state index is 3.63. The third-order valence-electron chi connectivity index (χ3n) is 3.62. The van der Waals surface area contributed by atoms with Crippen molar-refractivity contribution < 1.29 is 0 Å². The van der Waals surface area contributed by atoms with E-state index in [1.165, 1.54) is 17.6 Å². The van der Waals surface area contributed by atoms with Crippen molar-refractivity contribution in [1.82, 2.24) is 0 Å². The minimum Gasteiger partial charge on any atom is -0.0802 e. The van der Waals surface area contributed by atoms with Gasteiger partial charge < -0.3 is 0 Å². The van der Waals surface area contributed by atoms with Gasteiger partial charge >= 0.3 is 0 Å². The molecule has 0 N–H and O–H groups in total. The Balaban J connectivity index is 1.96. The van der Waals surface area contributed by atoms with Crippen molar-refractivity contribution in [2.24, 2.45) is 17.8 Å². The SMILES string of the molecule is CC1[C]C2C=CC=C(c3ccccc3)C2C1. The summed E-state index contributed by atoms with van der Waals surface area (Å²) in [4.78, 5) is 0. The van der Waals surface area contributed by atoms with Crippen LogP contribution in [-0.2, 0) is 0 Å². The largest absolute Gasteiger partial charge is 0.0802 e. The van der Waals surface area contributed by atoms with Gasteiger partial charge in [-0.1, -0.05) is 55.5 Å². The molecule has 2 radical (unpaired) electrons. The van der Waals surface area contributed by atoms with Crippen molar-refractivity contribution in [3.8, 4) is 0 Å². The third kappa shape index (κ3) is 1.63. The van der Waals surface area contributed by atoms with Crippen LogP contribution in [0.1, 0.15) is 18.9 Å². The molecule has 0 heterocycles. The summed E-state index contributed by atoms with van der Waals surface area (Å²) in [6.07, 6.45) is 11.6. The van der Waals surface area contributed by atoms with Gasteiger partial charge in [0.15, 0.2) is 0 Å². The second-order valence-corrected chi connectivity index (χ2v) is 4.81. The molecule has 1 saturated carbocycles. The molecule has 1 aromatic rings. The van der Waals surface area contributed by atoms with Gasteiger partial charge in [0.1, 0.15) is 0 Å². The molecule has 3 unspecified atom stereocenters. The normalized spacial score (nSPS) is 32.3. The predicted molar refractivity (Wildman–Crippen MR) is 67.6 cm³/mol. The molecule has 0 amide bonds. The smallest absolute Gasteiger partial charge is 0.00614 e. The molecule has 0 bridgehead atoms. The maximum atomic E-state index is 3.63. The molecule has 1 aromatic carbocycles. The van der Waals surface area contributed by atoms with Gasteiger partial charge in [-0.2, -0.15) is 0 Å². The highest BCUT2D eigenvalue weighted by atomic mass is 14.4. The first-order chi connectivity index (χ1) is 7.84. The van der Waals surface area contributed by atoms with E-state index in [0.717, 1.165) is 0 Å². The van der Waals surface area contributed by atoms with E-state index in [1.807, 2.05) is 0 Å². The lowest BCUT2D eigenvalue weighted by Gasteiger charge is -2.23. The molecular weight excluding hydrogens is 192 g/mol. The minimum atomic E-state index is 0.537. The Kier molecular flexibility index (Phi) is 2.43. The number of allylic oxidation sites excluding steroid dienone is 4. The van der Waals surface area contributed by atoms with E-state index in [2.05, 4.69) is 61.9 Å². The van der Waals surface area contributed by atoms with Crippen LogP contribution in [0.2, 0.25) is 0 Å². The van der Waals surface area contributed by atoms with Crippen molar-refractivity contribution in [2.75, 3.05) is 0 Å². The summed E-state index contributed by atoms with van der Waals surface area (Å²) in [7, 11) is 0. The molecule has 16 heavy (non-hydrogen) atoms. The van der Waals surface area contributed by atoms with Crippen LogP contribution in [0.5, 0.6) is 0 Å². The zero-order valence-electron chi connectivity index (χ0n) is 9.56. The van der Waals surface area contributed by atoms with Gasteiger partial charge in [-0.15, -0.1) is 0 Å². The van der Waals surface area contributed by atoms with Crippen molar-refractivity contribution >= 4 is 5.57 Å². The van der Waals surface area contributed by atoms with Crippen LogP contribution in [0.3, 0.4) is 0 Å². The van der Waals surface area contributed by atoms with Crippen molar-refractivity contribution in [3.63, 3.8) is 0 Å². The highest BCUT2D eigenvalue weighted by Gasteiger charge is 2.34. The highest BCUT2D eigenvalue weighted by Crippen LogP contribution is 2.45. The molecule has 80 valence electrons. The lowest BCUT2D eigenvalue weighted by molar-refractivity contribution is 0.579. The standard InChI is InChI=1S/C16H16/c1-12-10-14-8-5-9-15(16(14)11-12)13-6-3-2-4-7-13/h2-9,12,14,16H,11H2,1H3. The zero-order chi connectivity index (χ0) is 11.0. The Morgan fingerprint density at radius 3 is 2.81 bits per heavy atom. The number of hydrogen-bond donors (Lipinski definition) is 0. The average Bonchev–Trinajstić information content (AvgIpc) is 2.70. The average molecular weight is 208 g/mol. The molecule has 0 spiro atoms. The quantitative estimate of drug-likeness (QED) is 0.654. The summed E-state index contributed by atoms with van der Waals surface area (Å²) in [5, 5.41) is 0. The van der Waals surface area contributed by atoms with Crippen molar-refractivity contribution in [1.29, 1.82) is 0 Å². The lowest BCUT2D eigenvalue weighted by atomic mass is 9.81. The van der Waals surface area contributed by atoms with E-state index in [0.29, 0.717) is 17.8 Å². The number of rotatable bonds is 1. The van der Waals surface area contributed by atoms with Crippen molar-refractivity contribution in [3.05, 3.63) is 60.5 Å². The molecule has 0 nitrogen and oxygen atoms in total. The summed E-state index contributed by atoms with van der Waals surface area (Å²) < 4.78 is 0. The van der Waals surface area contributed by atoms with Crippen LogP contribution < -0.4 is 0 Å². The topological polar surface area (TPSA) is 0 Å². The number of fused-ring (bicyclic) bond motifs is 1. The van der Waals surface area contributed by atoms with Crippen LogP contribution in [0.25, 0.3) is 5.57 Å². The van der Waals surface area contributed by atoms with E-state index < -0.39 is 0 Å². The molecule has 0 aliphatic heterocycles. The second-order valence-electron chi connectivity index (χ2n) is 4.81. The van der Waals surface area contributed by atoms with Gasteiger partial charge in [0.2, 0.25) is 0 Å². The van der Waals surface area contributed by atoms with E-state index in [9.17, 15) is 0 Å². The van der Waals surface area contributed by atoms with E-state index in [-0.39, 0.29) is 0 Å². The Labute approximate surface area is 97.7 Å². The monoisotopic (exact) mass is 208 g/mol. The van der Waals surface area contributed by atoms with Crippen LogP contribution in [-0.4, -0.2) is 0 Å². The summed E-state index contributed by atoms with van der Waals surface area (Å²) in [6.45, 7) is 2.27. The first kappa shape index (κ1) is 9.89. The Bertz CT molecular complexity index is 425. The predicted octanol–water partition coefficient (Wildman–Crippen LogP) is 3.99. The highest BCUT2D eigenvalue weighted by molar-refractivity contribution is 5.71. The Morgan fingerprint density at radius 1 is 1.19 bits per heavy atom. The second kappa shape index (κ2) is 3.93. The first-order valence-electron chi connectivity index (χ1n) is 6.04. The number of benzene rings is 1. The fourth-order valence-corrected chi connectivity index (χ4v) is 2.89. The molecule has 0 saturated heterocycles. The summed E-state index contributed by atoms with van der Waals surface area (Å²) in [5.41, 5.74) is 2.86. The molecule has 1 fully saturated rings. The van der Waals surface area contributed by atoms with Crippen LogP contribution in [0.15, 0.2) is 48.6 Å². The van der Waals surface area contributed by atoms with E-state index in [1.54, 1.807) is 0 Å². The molecular formula is C16H16. The molecule has 2 aliphatic rings. The van der Waals surface area contributed by atoms with Gasteiger partial charge in [-0.05, 0) is 41.7 Å². The summed E-state index contributed by atoms with van der Waals surface area (Å²) in [6, 6.07) is 10.7. The van der Waals surface area contributed by atoms with Gasteiger partial charge in [-0.25, -0.2) is 0 Å². The van der Waals surface area contributed by atoms with E-state index in [4.69, 9.17) is 0 Å². The third-order valence-corrected chi connectivity index (χ3v) is 3.62. The first-order valence-corrected chi connectivity index (χ1v) is 6.04. The lowest BCUT2D eigenvalue weighted by Crippen LogP contribution is -2.10. The minimum absolute atomic E-state index is 0.537. The van der Waals surface area contributed by atoms with Crippen LogP contribution >= 0.6 is 0 Å². The molecule has 0 aromatic heterocycles. The van der Waals surface area contributed by atoms with Gasteiger partial charge in [0.25, 0.3) is 0 Å². The molecule has 2 aliphatic carbocycles. The Hall–Kier alpha value is -1.30.